The molecule has 8 nitrogen and oxygen atoms in total. The van der Waals surface area contributed by atoms with Crippen molar-refractivity contribution in [2.24, 2.45) is 0 Å². The highest BCUT2D eigenvalue weighted by Crippen LogP contribution is 2.23. The Hall–Kier alpha value is -2.45. The van der Waals surface area contributed by atoms with E-state index in [1.807, 2.05) is 0 Å². The predicted molar refractivity (Wildman–Crippen MR) is 94.0 cm³/mol. The Morgan fingerprint density at radius 3 is 2.69 bits per heavy atom. The van der Waals surface area contributed by atoms with Gasteiger partial charge in [-0.25, -0.2) is 4.79 Å². The van der Waals surface area contributed by atoms with E-state index in [0.29, 0.717) is 17.3 Å². The summed E-state index contributed by atoms with van der Waals surface area (Å²) in [6.07, 6.45) is 1.13. The summed E-state index contributed by atoms with van der Waals surface area (Å²) in [6, 6.07) is 6.77. The average molecular weight is 358 g/mol. The van der Waals surface area contributed by atoms with Crippen LogP contribution in [0.5, 0.6) is 0 Å². The van der Waals surface area contributed by atoms with Crippen molar-refractivity contribution in [3.63, 3.8) is 0 Å². The van der Waals surface area contributed by atoms with E-state index in [4.69, 9.17) is 4.74 Å². The number of nitrogens with zero attached hydrogens (tertiary/aromatic N) is 2. The first-order chi connectivity index (χ1) is 12.5. The minimum absolute atomic E-state index is 0.00413. The summed E-state index contributed by atoms with van der Waals surface area (Å²) in [6.45, 7) is 4.54. The lowest BCUT2D eigenvalue weighted by molar-refractivity contribution is -0.117. The van der Waals surface area contributed by atoms with E-state index < -0.39 is 6.03 Å². The van der Waals surface area contributed by atoms with Gasteiger partial charge in [-0.05, 0) is 37.6 Å². The Balaban J connectivity index is 1.37. The minimum atomic E-state index is -0.439. The molecule has 2 N–H and O–H groups in total. The largest absolute Gasteiger partial charge is 0.376 e. The molecular weight excluding hydrogens is 336 g/mol. The van der Waals surface area contributed by atoms with Gasteiger partial charge in [0.15, 0.2) is 0 Å². The van der Waals surface area contributed by atoms with Crippen LogP contribution in [0, 0.1) is 0 Å². The van der Waals surface area contributed by atoms with E-state index in [1.54, 1.807) is 24.3 Å². The number of hydrogen-bond acceptors (Lipinski definition) is 5. The zero-order chi connectivity index (χ0) is 18.3. The third-order valence-electron chi connectivity index (χ3n) is 5.16. The fourth-order valence-electron chi connectivity index (χ4n) is 3.86. The molecule has 138 valence electrons. The van der Waals surface area contributed by atoms with Crippen LogP contribution in [-0.2, 0) is 9.53 Å². The molecule has 0 radical (unpaired) electrons. The van der Waals surface area contributed by atoms with Crippen LogP contribution in [0.2, 0.25) is 0 Å². The molecule has 0 saturated carbocycles. The van der Waals surface area contributed by atoms with Gasteiger partial charge in [-0.15, -0.1) is 0 Å². The zero-order valence-electron chi connectivity index (χ0n) is 14.6. The molecule has 3 aliphatic rings. The van der Waals surface area contributed by atoms with E-state index in [1.165, 1.54) is 4.90 Å². The summed E-state index contributed by atoms with van der Waals surface area (Å²) in [5, 5.41) is 5.32. The van der Waals surface area contributed by atoms with Crippen LogP contribution in [0.1, 0.15) is 23.7 Å². The van der Waals surface area contributed by atoms with Crippen LogP contribution in [0.3, 0.4) is 0 Å². The third-order valence-corrected chi connectivity index (χ3v) is 5.16. The molecule has 3 heterocycles. The molecule has 8 heteroatoms. The Kier molecular flexibility index (Phi) is 4.37. The van der Waals surface area contributed by atoms with Gasteiger partial charge < -0.3 is 10.1 Å². The molecule has 0 unspecified atom stereocenters. The van der Waals surface area contributed by atoms with Crippen molar-refractivity contribution in [2.75, 3.05) is 31.1 Å². The molecule has 26 heavy (non-hydrogen) atoms. The van der Waals surface area contributed by atoms with Crippen molar-refractivity contribution in [3.05, 3.63) is 29.8 Å². The predicted octanol–water partition coefficient (Wildman–Crippen LogP) is 0.334. The van der Waals surface area contributed by atoms with Crippen molar-refractivity contribution in [3.8, 4) is 0 Å². The fourth-order valence-corrected chi connectivity index (χ4v) is 3.86. The maximum atomic E-state index is 12.5. The minimum Gasteiger partial charge on any atom is -0.376 e. The number of rotatable bonds is 3. The van der Waals surface area contributed by atoms with Crippen LogP contribution in [-0.4, -0.2) is 67.2 Å². The normalized spacial score (nSPS) is 28.8. The Bertz CT molecular complexity index is 735. The quantitative estimate of drug-likeness (QED) is 0.760. The van der Waals surface area contributed by atoms with Gasteiger partial charge in [0, 0.05) is 36.4 Å². The van der Waals surface area contributed by atoms with Crippen LogP contribution in [0.15, 0.2) is 24.3 Å². The van der Waals surface area contributed by atoms with Gasteiger partial charge in [-0.1, -0.05) is 0 Å². The van der Waals surface area contributed by atoms with Gasteiger partial charge in [-0.3, -0.25) is 24.7 Å². The molecule has 0 aromatic heterocycles. The monoisotopic (exact) mass is 358 g/mol. The van der Waals surface area contributed by atoms with Gasteiger partial charge in [0.05, 0.1) is 12.7 Å². The second-order valence-corrected chi connectivity index (χ2v) is 7.14. The molecule has 3 fully saturated rings. The summed E-state index contributed by atoms with van der Waals surface area (Å²) in [5.41, 5.74) is 1.13. The van der Waals surface area contributed by atoms with Crippen molar-refractivity contribution < 1.29 is 19.1 Å². The highest BCUT2D eigenvalue weighted by Gasteiger charge is 2.36. The van der Waals surface area contributed by atoms with E-state index in [-0.39, 0.29) is 30.5 Å². The Morgan fingerprint density at radius 2 is 2.00 bits per heavy atom. The first-order valence-electron chi connectivity index (χ1n) is 8.87. The average Bonchev–Trinajstić information content (AvgIpc) is 3.16. The third kappa shape index (κ3) is 3.30. The first kappa shape index (κ1) is 17.0. The fraction of sp³-hybridized carbons (Fsp3) is 0.500. The highest BCUT2D eigenvalue weighted by molar-refractivity contribution is 6.12. The lowest BCUT2D eigenvalue weighted by Gasteiger charge is -2.33. The second-order valence-electron chi connectivity index (χ2n) is 7.14. The number of carbonyl (C=O) groups is 3. The van der Waals surface area contributed by atoms with Crippen molar-refractivity contribution >= 4 is 23.5 Å². The molecule has 1 aromatic carbocycles. The molecule has 1 aromatic rings. The second kappa shape index (κ2) is 6.69. The standard InChI is InChI=1S/C18H22N4O4/c1-11-7-21-8-13(6-15(21)10-26-11)19-17(24)12-2-4-14(5-3-12)22-9-16(23)20-18(22)25/h2-5,11,13,15H,6-10H2,1H3,(H,19,24)(H,20,23,25)/t11-,13+,15+/m1/s1. The summed E-state index contributed by atoms with van der Waals surface area (Å²) >= 11 is 0. The maximum absolute atomic E-state index is 12.5. The molecule has 3 saturated heterocycles. The molecule has 0 aliphatic carbocycles. The van der Waals surface area contributed by atoms with Crippen LogP contribution in [0.25, 0.3) is 0 Å². The number of morpholine rings is 1. The molecule has 3 atom stereocenters. The number of fused-ring (bicyclic) bond motifs is 1. The van der Waals surface area contributed by atoms with Gasteiger partial charge in [0.1, 0.15) is 6.54 Å². The van der Waals surface area contributed by atoms with E-state index in [2.05, 4.69) is 22.5 Å². The van der Waals surface area contributed by atoms with Crippen LogP contribution in [0.4, 0.5) is 10.5 Å². The topological polar surface area (TPSA) is 91.0 Å². The number of anilines is 1. The lowest BCUT2D eigenvalue weighted by Crippen LogP contribution is -2.45. The van der Waals surface area contributed by atoms with Crippen molar-refractivity contribution in [1.29, 1.82) is 0 Å². The lowest BCUT2D eigenvalue weighted by atomic mass is 10.1. The zero-order valence-corrected chi connectivity index (χ0v) is 14.6. The van der Waals surface area contributed by atoms with Crippen LogP contribution >= 0.6 is 0 Å². The molecule has 4 rings (SSSR count). The molecule has 0 bridgehead atoms. The van der Waals surface area contributed by atoms with Gasteiger partial charge >= 0.3 is 6.03 Å². The summed E-state index contributed by atoms with van der Waals surface area (Å²) in [7, 11) is 0. The molecule has 0 spiro atoms. The van der Waals surface area contributed by atoms with E-state index in [0.717, 1.165) is 26.1 Å². The van der Waals surface area contributed by atoms with Crippen molar-refractivity contribution in [2.45, 2.75) is 31.5 Å². The summed E-state index contributed by atoms with van der Waals surface area (Å²) in [4.78, 5) is 39.2. The number of carbonyl (C=O) groups excluding carboxylic acids is 3. The van der Waals surface area contributed by atoms with E-state index in [9.17, 15) is 14.4 Å². The van der Waals surface area contributed by atoms with E-state index >= 15 is 0 Å². The van der Waals surface area contributed by atoms with Gasteiger partial charge in [-0.2, -0.15) is 0 Å². The van der Waals surface area contributed by atoms with Crippen molar-refractivity contribution in [1.82, 2.24) is 15.5 Å². The molecule has 4 amide bonds. The molecule has 3 aliphatic heterocycles. The number of benzene rings is 1. The number of imide groups is 1. The SMILES string of the molecule is C[C@@H]1CN2C[C@@H](NC(=O)c3ccc(N4CC(=O)NC4=O)cc3)C[C@H]2CO1. The van der Waals surface area contributed by atoms with Gasteiger partial charge in [0.25, 0.3) is 5.91 Å². The number of ether oxygens (including phenoxy) is 1. The Labute approximate surface area is 151 Å². The summed E-state index contributed by atoms with van der Waals surface area (Å²) < 4.78 is 5.69. The Morgan fingerprint density at radius 1 is 1.23 bits per heavy atom. The van der Waals surface area contributed by atoms with Crippen LogP contribution < -0.4 is 15.5 Å². The first-order valence-corrected chi connectivity index (χ1v) is 8.87. The highest BCUT2D eigenvalue weighted by atomic mass is 16.5. The molecular formula is C18H22N4O4. The number of hydrogen-bond donors (Lipinski definition) is 2. The maximum Gasteiger partial charge on any atom is 0.329 e. The summed E-state index contributed by atoms with van der Waals surface area (Å²) in [5.74, 6) is -0.454. The smallest absolute Gasteiger partial charge is 0.329 e. The number of nitrogens with one attached hydrogen (secondary N) is 2. The number of amides is 4. The number of urea groups is 1. The van der Waals surface area contributed by atoms with Gasteiger partial charge in [0.2, 0.25) is 5.91 Å².